The lowest BCUT2D eigenvalue weighted by molar-refractivity contribution is -0.0309. The van der Waals surface area contributed by atoms with Gasteiger partial charge < -0.3 is 14.8 Å². The maximum atomic E-state index is 11.9. The van der Waals surface area contributed by atoms with Crippen LogP contribution in [0.4, 0.5) is 4.79 Å². The molecule has 0 rings (SSSR count). The summed E-state index contributed by atoms with van der Waals surface area (Å²) in [6, 6.07) is 0. The summed E-state index contributed by atoms with van der Waals surface area (Å²) < 4.78 is 11.3. The number of alkyl carbamates (subject to hydrolysis) is 1. The monoisotopic (exact) mass is 343 g/mol. The van der Waals surface area contributed by atoms with E-state index in [-0.39, 0.29) is 22.3 Å². The SMILES string of the molecule is CC(COCC(C)(C)C(C)(C)CNC(=O)OC(C)(C)C)C(C)(C)C. The molecule has 4 nitrogen and oxygen atoms in total. The molecule has 0 aromatic rings. The lowest BCUT2D eigenvalue weighted by Crippen LogP contribution is -2.46. The van der Waals surface area contributed by atoms with Crippen LogP contribution in [0.25, 0.3) is 0 Å². The average molecular weight is 344 g/mol. The van der Waals surface area contributed by atoms with Crippen molar-refractivity contribution in [3.8, 4) is 0 Å². The van der Waals surface area contributed by atoms with Gasteiger partial charge in [-0.3, -0.25) is 0 Å². The van der Waals surface area contributed by atoms with E-state index in [0.717, 1.165) is 6.61 Å². The van der Waals surface area contributed by atoms with Gasteiger partial charge in [-0.05, 0) is 42.9 Å². The first-order valence-electron chi connectivity index (χ1n) is 9.02. The number of ether oxygens (including phenoxy) is 2. The first kappa shape index (κ1) is 23.2. The van der Waals surface area contributed by atoms with E-state index in [2.05, 4.69) is 60.7 Å². The maximum absolute atomic E-state index is 11.9. The molecule has 0 aliphatic heterocycles. The van der Waals surface area contributed by atoms with Gasteiger partial charge in [-0.15, -0.1) is 0 Å². The van der Waals surface area contributed by atoms with E-state index in [1.807, 2.05) is 20.8 Å². The zero-order chi connectivity index (χ0) is 19.4. The van der Waals surface area contributed by atoms with Gasteiger partial charge >= 0.3 is 6.09 Å². The number of hydrogen-bond donors (Lipinski definition) is 1. The molecule has 0 spiro atoms. The summed E-state index contributed by atoms with van der Waals surface area (Å²) in [5.74, 6) is 0.497. The Morgan fingerprint density at radius 1 is 0.917 bits per heavy atom. The van der Waals surface area contributed by atoms with Crippen LogP contribution in [0.2, 0.25) is 0 Å². The molecule has 144 valence electrons. The Labute approximate surface area is 150 Å². The standard InChI is InChI=1S/C20H41NO3/c1-15(17(2,3)4)12-23-14-20(10,11)19(8,9)13-21-16(22)24-18(5,6)7/h15H,12-14H2,1-11H3,(H,21,22). The number of carbonyl (C=O) groups is 1. The van der Waals surface area contributed by atoms with Crippen LogP contribution in [0.15, 0.2) is 0 Å². The molecule has 1 unspecified atom stereocenters. The molecule has 0 fully saturated rings. The van der Waals surface area contributed by atoms with Crippen molar-refractivity contribution in [1.29, 1.82) is 0 Å². The minimum Gasteiger partial charge on any atom is -0.444 e. The van der Waals surface area contributed by atoms with Crippen LogP contribution in [0, 0.1) is 22.2 Å². The van der Waals surface area contributed by atoms with Crippen molar-refractivity contribution in [1.82, 2.24) is 5.32 Å². The zero-order valence-corrected chi connectivity index (χ0v) is 17.9. The van der Waals surface area contributed by atoms with Gasteiger partial charge in [0.2, 0.25) is 0 Å². The predicted molar refractivity (Wildman–Crippen MR) is 101 cm³/mol. The second-order valence-corrected chi connectivity index (χ2v) is 10.4. The molecule has 0 radical (unpaired) electrons. The summed E-state index contributed by atoms with van der Waals surface area (Å²) in [4.78, 5) is 11.9. The normalized spacial score (nSPS) is 15.1. The van der Waals surface area contributed by atoms with Gasteiger partial charge in [0.25, 0.3) is 0 Å². The summed E-state index contributed by atoms with van der Waals surface area (Å²) in [5, 5.41) is 2.89. The molecule has 1 atom stereocenters. The molecule has 0 heterocycles. The van der Waals surface area contributed by atoms with Gasteiger partial charge in [0.1, 0.15) is 5.60 Å². The predicted octanol–water partition coefficient (Wildman–Crippen LogP) is 5.26. The molecule has 4 heteroatoms. The van der Waals surface area contributed by atoms with E-state index in [9.17, 15) is 4.79 Å². The number of amides is 1. The molecule has 0 aromatic heterocycles. The topological polar surface area (TPSA) is 47.6 Å². The second kappa shape index (κ2) is 8.07. The van der Waals surface area contributed by atoms with Crippen LogP contribution in [-0.2, 0) is 9.47 Å². The van der Waals surface area contributed by atoms with Crippen LogP contribution in [-0.4, -0.2) is 31.5 Å². The molecule has 1 amide bonds. The Morgan fingerprint density at radius 2 is 1.42 bits per heavy atom. The van der Waals surface area contributed by atoms with Crippen molar-refractivity contribution in [2.24, 2.45) is 22.2 Å². The Balaban J connectivity index is 4.51. The fourth-order valence-corrected chi connectivity index (χ4v) is 1.78. The van der Waals surface area contributed by atoms with E-state index in [1.165, 1.54) is 0 Å². The highest BCUT2D eigenvalue weighted by atomic mass is 16.6. The molecule has 24 heavy (non-hydrogen) atoms. The van der Waals surface area contributed by atoms with E-state index >= 15 is 0 Å². The zero-order valence-electron chi connectivity index (χ0n) is 17.9. The van der Waals surface area contributed by atoms with Crippen molar-refractivity contribution in [3.05, 3.63) is 0 Å². The Kier molecular flexibility index (Phi) is 7.81. The van der Waals surface area contributed by atoms with Crippen LogP contribution in [0.3, 0.4) is 0 Å². The summed E-state index contributed by atoms with van der Waals surface area (Å²) in [6.45, 7) is 25.2. The first-order valence-corrected chi connectivity index (χ1v) is 9.02. The van der Waals surface area contributed by atoms with Crippen LogP contribution in [0.5, 0.6) is 0 Å². The third kappa shape index (κ3) is 8.36. The fourth-order valence-electron chi connectivity index (χ4n) is 1.78. The highest BCUT2D eigenvalue weighted by molar-refractivity contribution is 5.67. The molecule has 1 N–H and O–H groups in total. The largest absolute Gasteiger partial charge is 0.444 e. The Morgan fingerprint density at radius 3 is 1.83 bits per heavy atom. The molecule has 0 saturated heterocycles. The number of nitrogens with one attached hydrogen (secondary N) is 1. The quantitative estimate of drug-likeness (QED) is 0.685. The number of rotatable bonds is 7. The summed E-state index contributed by atoms with van der Waals surface area (Å²) in [6.07, 6.45) is -0.367. The smallest absolute Gasteiger partial charge is 0.407 e. The molecule has 0 saturated carbocycles. The summed E-state index contributed by atoms with van der Waals surface area (Å²) in [7, 11) is 0. The first-order chi connectivity index (χ1) is 10.5. The molecule has 0 aliphatic rings. The van der Waals surface area contributed by atoms with Gasteiger partial charge in [-0.1, -0.05) is 55.4 Å². The molecule has 0 bridgehead atoms. The molecular formula is C20H41NO3. The van der Waals surface area contributed by atoms with E-state index in [1.54, 1.807) is 0 Å². The minimum atomic E-state index is -0.476. The van der Waals surface area contributed by atoms with Gasteiger partial charge in [0.05, 0.1) is 6.61 Å². The van der Waals surface area contributed by atoms with Gasteiger partial charge in [-0.25, -0.2) is 4.79 Å². The Bertz CT molecular complexity index is 400. The van der Waals surface area contributed by atoms with Crippen molar-refractivity contribution < 1.29 is 14.3 Å². The van der Waals surface area contributed by atoms with Crippen LogP contribution >= 0.6 is 0 Å². The van der Waals surface area contributed by atoms with Gasteiger partial charge in [0.15, 0.2) is 0 Å². The van der Waals surface area contributed by atoms with Gasteiger partial charge in [0, 0.05) is 13.2 Å². The summed E-state index contributed by atoms with van der Waals surface area (Å²) in [5.41, 5.74) is -0.414. The number of carbonyl (C=O) groups excluding carboxylic acids is 1. The third-order valence-electron chi connectivity index (χ3n) is 5.21. The third-order valence-corrected chi connectivity index (χ3v) is 5.21. The van der Waals surface area contributed by atoms with Crippen LogP contribution < -0.4 is 5.32 Å². The summed E-state index contributed by atoms with van der Waals surface area (Å²) >= 11 is 0. The maximum Gasteiger partial charge on any atom is 0.407 e. The van der Waals surface area contributed by atoms with Crippen molar-refractivity contribution in [2.45, 2.75) is 81.8 Å². The van der Waals surface area contributed by atoms with Crippen LogP contribution in [0.1, 0.15) is 76.2 Å². The Hall–Kier alpha value is -0.770. The van der Waals surface area contributed by atoms with Crippen molar-refractivity contribution in [3.63, 3.8) is 0 Å². The average Bonchev–Trinajstić information content (AvgIpc) is 2.32. The van der Waals surface area contributed by atoms with E-state index in [4.69, 9.17) is 9.47 Å². The molecule has 0 aliphatic carbocycles. The van der Waals surface area contributed by atoms with Gasteiger partial charge in [-0.2, -0.15) is 0 Å². The second-order valence-electron chi connectivity index (χ2n) is 10.4. The fraction of sp³-hybridized carbons (Fsp3) is 0.950. The van der Waals surface area contributed by atoms with Crippen molar-refractivity contribution in [2.75, 3.05) is 19.8 Å². The molecule has 0 aromatic carbocycles. The minimum absolute atomic E-state index is 0.0698. The van der Waals surface area contributed by atoms with E-state index < -0.39 is 5.60 Å². The van der Waals surface area contributed by atoms with Crippen molar-refractivity contribution >= 4 is 6.09 Å². The highest BCUT2D eigenvalue weighted by Crippen LogP contribution is 2.38. The lowest BCUT2D eigenvalue weighted by atomic mass is 9.68. The van der Waals surface area contributed by atoms with E-state index in [0.29, 0.717) is 19.1 Å². The highest BCUT2D eigenvalue weighted by Gasteiger charge is 2.38. The number of hydrogen-bond acceptors (Lipinski definition) is 3. The lowest BCUT2D eigenvalue weighted by Gasteiger charge is -2.42. The molecular weight excluding hydrogens is 302 g/mol.